The number of ether oxygens (including phenoxy) is 4. The van der Waals surface area contributed by atoms with Crippen molar-refractivity contribution in [1.82, 2.24) is 0 Å². The first-order valence-corrected chi connectivity index (χ1v) is 20.7. The molecule has 8 N–H and O–H groups in total. The number of allylic oxidation sites excluding steroid dienone is 2. The van der Waals surface area contributed by atoms with E-state index < -0.39 is 108 Å². The second kappa shape index (κ2) is 15.2. The number of aliphatic hydroxyl groups is 8. The van der Waals surface area contributed by atoms with Gasteiger partial charge in [0.1, 0.15) is 48.5 Å². The number of rotatable bonds is 9. The minimum absolute atomic E-state index is 0.0285. The van der Waals surface area contributed by atoms with Crippen molar-refractivity contribution >= 4 is 5.78 Å². The summed E-state index contributed by atoms with van der Waals surface area (Å²) in [5.41, 5.74) is -1.57. The number of ketones is 1. The van der Waals surface area contributed by atoms with Crippen LogP contribution in [0.5, 0.6) is 0 Å². The lowest BCUT2D eigenvalue weighted by molar-refractivity contribution is -0.376. The minimum atomic E-state index is -1.67. The van der Waals surface area contributed by atoms with Gasteiger partial charge in [-0.1, -0.05) is 46.3 Å². The van der Waals surface area contributed by atoms with Gasteiger partial charge in [0.15, 0.2) is 12.6 Å². The summed E-state index contributed by atoms with van der Waals surface area (Å²) >= 11 is 0. The zero-order chi connectivity index (χ0) is 40.8. The van der Waals surface area contributed by atoms with Crippen LogP contribution in [0.2, 0.25) is 0 Å². The SMILES string of the molecule is CC(C)=CCCC(C)(O)C1C2C(=O)C[C@@H]3[C@@]4(C)CC[C@H](O[C@@H]5O[C@H](CO)[C@@H](O)[C@H](O)[C@H]5O[C@@H]5O[C@@H](C)[C@H](O)[C@@H](O)[C@H]5O)C(C)(C)C4CC[C@@]3(C)[C@]2(C)C[C@@H]1O. The van der Waals surface area contributed by atoms with Gasteiger partial charge in [0, 0.05) is 18.3 Å². The monoisotopic (exact) mass is 782 g/mol. The van der Waals surface area contributed by atoms with Crippen LogP contribution in [0.4, 0.5) is 0 Å². The summed E-state index contributed by atoms with van der Waals surface area (Å²) in [5, 5.41) is 87.1. The van der Waals surface area contributed by atoms with Crippen LogP contribution < -0.4 is 0 Å². The quantitative estimate of drug-likeness (QED) is 0.125. The topological polar surface area (TPSA) is 216 Å². The highest BCUT2D eigenvalue weighted by molar-refractivity contribution is 5.84. The Bertz CT molecular complexity index is 1430. The molecule has 316 valence electrons. The van der Waals surface area contributed by atoms with Gasteiger partial charge in [0.2, 0.25) is 0 Å². The van der Waals surface area contributed by atoms with E-state index in [0.717, 1.165) is 19.3 Å². The Labute approximate surface area is 326 Å². The van der Waals surface area contributed by atoms with Crippen LogP contribution in [-0.4, -0.2) is 132 Å². The second-order valence-electron chi connectivity index (χ2n) is 20.1. The summed E-state index contributed by atoms with van der Waals surface area (Å²) < 4.78 is 24.4. The van der Waals surface area contributed by atoms with Gasteiger partial charge in [-0.3, -0.25) is 4.79 Å². The van der Waals surface area contributed by atoms with Gasteiger partial charge in [-0.25, -0.2) is 0 Å². The molecule has 13 heteroatoms. The Balaban J connectivity index is 1.24. The molecule has 6 aliphatic rings. The molecule has 0 aromatic rings. The predicted octanol–water partition coefficient (Wildman–Crippen LogP) is 2.36. The second-order valence-corrected chi connectivity index (χ2v) is 20.1. The summed E-state index contributed by atoms with van der Waals surface area (Å²) in [5.74, 6) is -0.727. The maximum absolute atomic E-state index is 14.6. The normalized spacial score (nSPS) is 52.1. The van der Waals surface area contributed by atoms with E-state index in [4.69, 9.17) is 18.9 Å². The molecule has 0 amide bonds. The van der Waals surface area contributed by atoms with Crippen molar-refractivity contribution in [3.63, 3.8) is 0 Å². The summed E-state index contributed by atoms with van der Waals surface area (Å²) in [6.07, 6.45) is -8.21. The molecule has 6 rings (SSSR count). The third-order valence-corrected chi connectivity index (χ3v) is 16.3. The molecule has 0 aromatic carbocycles. The van der Waals surface area contributed by atoms with E-state index in [9.17, 15) is 45.6 Å². The molecule has 0 radical (unpaired) electrons. The Kier molecular flexibility index (Phi) is 12.0. The summed E-state index contributed by atoms with van der Waals surface area (Å²) in [6, 6.07) is 0. The average molecular weight is 783 g/mol. The number of hydrogen-bond acceptors (Lipinski definition) is 13. The third kappa shape index (κ3) is 7.01. The molecular weight excluding hydrogens is 712 g/mol. The molecule has 55 heavy (non-hydrogen) atoms. The number of Topliss-reactive ketones (excluding diaryl/α,β-unsaturated/α-hetero) is 1. The van der Waals surface area contributed by atoms with Gasteiger partial charge < -0.3 is 59.8 Å². The van der Waals surface area contributed by atoms with Crippen LogP contribution in [0.15, 0.2) is 11.6 Å². The number of fused-ring (bicyclic) bond motifs is 5. The van der Waals surface area contributed by atoms with Gasteiger partial charge in [-0.2, -0.15) is 0 Å². The zero-order valence-corrected chi connectivity index (χ0v) is 34.3. The van der Waals surface area contributed by atoms with Crippen molar-refractivity contribution in [1.29, 1.82) is 0 Å². The molecule has 2 heterocycles. The zero-order valence-electron chi connectivity index (χ0n) is 34.3. The molecule has 0 aromatic heterocycles. The number of hydrogen-bond donors (Lipinski definition) is 8. The van der Waals surface area contributed by atoms with E-state index in [0.29, 0.717) is 32.1 Å². The molecule has 6 fully saturated rings. The minimum Gasteiger partial charge on any atom is -0.394 e. The number of carbonyl (C=O) groups is 1. The third-order valence-electron chi connectivity index (χ3n) is 16.3. The molecule has 2 aliphatic heterocycles. The molecule has 4 unspecified atom stereocenters. The number of aliphatic hydroxyl groups excluding tert-OH is 7. The summed E-state index contributed by atoms with van der Waals surface area (Å²) in [4.78, 5) is 14.6. The predicted molar refractivity (Wildman–Crippen MR) is 200 cm³/mol. The van der Waals surface area contributed by atoms with Crippen LogP contribution in [0.25, 0.3) is 0 Å². The fourth-order valence-electron chi connectivity index (χ4n) is 13.0. The van der Waals surface area contributed by atoms with Crippen molar-refractivity contribution < 1.29 is 64.6 Å². The lowest BCUT2D eigenvalue weighted by Crippen LogP contribution is -2.67. The van der Waals surface area contributed by atoms with Crippen molar-refractivity contribution in [3.05, 3.63) is 11.6 Å². The molecule has 0 bridgehead atoms. The van der Waals surface area contributed by atoms with E-state index in [1.807, 2.05) is 13.8 Å². The van der Waals surface area contributed by atoms with Crippen molar-refractivity contribution in [3.8, 4) is 0 Å². The Morgan fingerprint density at radius 3 is 2.16 bits per heavy atom. The highest BCUT2D eigenvalue weighted by Crippen LogP contribution is 2.75. The Hall–Kier alpha value is -1.07. The molecule has 4 aliphatic carbocycles. The van der Waals surface area contributed by atoms with Crippen LogP contribution in [0.1, 0.15) is 114 Å². The lowest BCUT2D eigenvalue weighted by atomic mass is 9.35. The largest absolute Gasteiger partial charge is 0.394 e. The van der Waals surface area contributed by atoms with Crippen LogP contribution in [0, 0.1) is 45.3 Å². The Morgan fingerprint density at radius 2 is 1.53 bits per heavy atom. The van der Waals surface area contributed by atoms with Gasteiger partial charge >= 0.3 is 0 Å². The fourth-order valence-corrected chi connectivity index (χ4v) is 13.0. The Morgan fingerprint density at radius 1 is 0.855 bits per heavy atom. The average Bonchev–Trinajstić information content (AvgIpc) is 3.40. The highest BCUT2D eigenvalue weighted by atomic mass is 16.8. The maximum Gasteiger partial charge on any atom is 0.187 e. The van der Waals surface area contributed by atoms with Crippen molar-refractivity contribution in [2.24, 2.45) is 45.3 Å². The first-order valence-electron chi connectivity index (χ1n) is 20.7. The molecular formula is C42H70O13. The molecule has 20 atom stereocenters. The van der Waals surface area contributed by atoms with Crippen LogP contribution >= 0.6 is 0 Å². The number of carbonyl (C=O) groups excluding carboxylic acids is 1. The summed E-state index contributed by atoms with van der Waals surface area (Å²) in [6.45, 7) is 17.9. The standard InChI is InChI=1S/C42H70O13/c1-20(2)11-10-14-42(9,51)29-23(45)18-41(8)28(29)22(44)17-26-39(6)15-13-27(38(4,5)25(39)12-16-40(26,41)7)54-37-35(33(49)31(47)24(19-43)53-37)55-36-34(50)32(48)30(46)21(3)52-36/h11,21,23-37,43,45-51H,10,12-19H2,1-9H3/t21-,23-,24+,25?,26+,27-,28?,29?,30-,31+,32+,33-,34+,35+,36-,37-,39-,40+,41+,42?/m0/s1. The van der Waals surface area contributed by atoms with E-state index in [1.54, 1.807) is 6.92 Å². The van der Waals surface area contributed by atoms with Crippen LogP contribution in [0.3, 0.4) is 0 Å². The van der Waals surface area contributed by atoms with Crippen molar-refractivity contribution in [2.75, 3.05) is 6.61 Å². The van der Waals surface area contributed by atoms with Crippen LogP contribution in [-0.2, 0) is 23.7 Å². The first-order chi connectivity index (χ1) is 25.5. The van der Waals surface area contributed by atoms with E-state index in [2.05, 4.69) is 40.7 Å². The summed E-state index contributed by atoms with van der Waals surface area (Å²) in [7, 11) is 0. The van der Waals surface area contributed by atoms with Gasteiger partial charge in [-0.05, 0) is 106 Å². The van der Waals surface area contributed by atoms with Gasteiger partial charge in [-0.15, -0.1) is 0 Å². The molecule has 13 nitrogen and oxygen atoms in total. The maximum atomic E-state index is 14.6. The smallest absolute Gasteiger partial charge is 0.187 e. The van der Waals surface area contributed by atoms with Gasteiger partial charge in [0.25, 0.3) is 0 Å². The van der Waals surface area contributed by atoms with E-state index in [1.165, 1.54) is 12.5 Å². The first kappa shape index (κ1) is 43.5. The van der Waals surface area contributed by atoms with Crippen molar-refractivity contribution in [2.45, 2.75) is 193 Å². The molecule has 0 spiro atoms. The highest BCUT2D eigenvalue weighted by Gasteiger charge is 2.73. The van der Waals surface area contributed by atoms with Gasteiger partial charge in [0.05, 0.1) is 30.5 Å². The lowest BCUT2D eigenvalue weighted by Gasteiger charge is -2.69. The fraction of sp³-hybridized carbons (Fsp3) is 0.929. The molecule has 4 saturated carbocycles. The van der Waals surface area contributed by atoms with E-state index in [-0.39, 0.29) is 28.4 Å². The van der Waals surface area contributed by atoms with E-state index >= 15 is 0 Å². The molecule has 2 saturated heterocycles.